The lowest BCUT2D eigenvalue weighted by Crippen LogP contribution is -2.60. The van der Waals surface area contributed by atoms with Crippen LogP contribution in [0.4, 0.5) is 0 Å². The third-order valence-electron chi connectivity index (χ3n) is 10.2. The van der Waals surface area contributed by atoms with Gasteiger partial charge in [0, 0.05) is 30.2 Å². The summed E-state index contributed by atoms with van der Waals surface area (Å²) >= 11 is 0. The summed E-state index contributed by atoms with van der Waals surface area (Å²) in [5.41, 5.74) is -3.39. The van der Waals surface area contributed by atoms with Crippen LogP contribution < -0.4 is 5.32 Å². The SMILES string of the molecule is C=CCO[C@]1(C)C[C@@H](C)NC(=O)[C@H](C)[C@@H](OC(=O)C=C)[C@](C)(O)[C@@H](CC)OC(=O)[C@H](C)[C@@H](OC(=O)C=C)[C@H](C)[C@H]1O[C@@H]1O[C@H](C)C[C@H](N(C)C)[C@H]1O. The van der Waals surface area contributed by atoms with Crippen LogP contribution in [-0.2, 0) is 47.6 Å². The van der Waals surface area contributed by atoms with Crippen molar-refractivity contribution in [3.8, 4) is 0 Å². The molecule has 0 aliphatic carbocycles. The van der Waals surface area contributed by atoms with Gasteiger partial charge in [-0.25, -0.2) is 9.59 Å². The van der Waals surface area contributed by atoms with E-state index < -0.39 is 95.6 Å². The summed E-state index contributed by atoms with van der Waals surface area (Å²) in [5, 5.41) is 26.4. The van der Waals surface area contributed by atoms with Gasteiger partial charge in [0.05, 0.1) is 36.3 Å². The summed E-state index contributed by atoms with van der Waals surface area (Å²) in [6.07, 6.45) is -3.51. The van der Waals surface area contributed by atoms with Crippen molar-refractivity contribution in [1.82, 2.24) is 10.2 Å². The first kappa shape index (κ1) is 45.0. The number of ether oxygens (including phenoxy) is 6. The van der Waals surface area contributed by atoms with Crippen molar-refractivity contribution in [3.05, 3.63) is 38.0 Å². The summed E-state index contributed by atoms with van der Waals surface area (Å²) < 4.78 is 36.7. The molecule has 0 saturated carbocycles. The third kappa shape index (κ3) is 11.0. The number of hydrogen-bond acceptors (Lipinski definition) is 13. The van der Waals surface area contributed by atoms with Crippen molar-refractivity contribution in [2.45, 2.75) is 141 Å². The van der Waals surface area contributed by atoms with Crippen LogP contribution in [-0.4, -0.2) is 126 Å². The number of aliphatic hydroxyl groups is 2. The molecule has 14 heteroatoms. The minimum absolute atomic E-state index is 0.0419. The maximum atomic E-state index is 14.1. The van der Waals surface area contributed by atoms with Crippen molar-refractivity contribution in [1.29, 1.82) is 0 Å². The molecule has 2 aliphatic heterocycles. The minimum atomic E-state index is -2.07. The second-order valence-electron chi connectivity index (χ2n) is 14.8. The first-order valence-corrected chi connectivity index (χ1v) is 18.0. The van der Waals surface area contributed by atoms with E-state index in [1.807, 2.05) is 25.9 Å². The molecule has 0 aromatic carbocycles. The predicted molar refractivity (Wildman–Crippen MR) is 193 cm³/mol. The molecule has 0 radical (unpaired) electrons. The standard InChI is InChI=1S/C38H62N2O12/c1-14-18-47-37(10)20-21(5)39-34(44)25(9)33(51-29(42)17-4)38(11,46)27(15-2)49-35(45)24(8)31(50-28(41)16-3)23(7)32(37)52-36-30(43)26(40(12)13)19-22(6)48-36/h14,16-17,21-27,30-33,36,43,46H,1,3-4,15,18-20H2,2,5-13H3,(H,39,44)/t21-,22-,23+,24-,25-,26+,27-,30-,31+,32-,33-,36+,37-,38-/m1/s1. The zero-order valence-corrected chi connectivity index (χ0v) is 32.5. The van der Waals surface area contributed by atoms with Gasteiger partial charge in [-0.15, -0.1) is 6.58 Å². The summed E-state index contributed by atoms with van der Waals surface area (Å²) in [7, 11) is 3.69. The molecule has 0 bridgehead atoms. The van der Waals surface area contributed by atoms with Crippen LogP contribution in [0.2, 0.25) is 0 Å². The number of carbonyl (C=O) groups excluding carboxylic acids is 4. The molecule has 0 aromatic rings. The van der Waals surface area contributed by atoms with Gasteiger partial charge in [-0.05, 0) is 74.9 Å². The van der Waals surface area contributed by atoms with Crippen molar-refractivity contribution >= 4 is 23.8 Å². The molecule has 2 heterocycles. The number of carbonyl (C=O) groups is 4. The number of likely N-dealkylation sites (N-methyl/N-ethyl adjacent to an activating group) is 1. The van der Waals surface area contributed by atoms with Crippen LogP contribution in [0.1, 0.15) is 74.7 Å². The monoisotopic (exact) mass is 738 g/mol. The zero-order valence-electron chi connectivity index (χ0n) is 32.5. The molecule has 3 N–H and O–H groups in total. The minimum Gasteiger partial charge on any atom is -0.459 e. The van der Waals surface area contributed by atoms with Crippen molar-refractivity contribution in [2.75, 3.05) is 20.7 Å². The predicted octanol–water partition coefficient (Wildman–Crippen LogP) is 2.84. The van der Waals surface area contributed by atoms with E-state index in [9.17, 15) is 29.4 Å². The number of esters is 3. The Kier molecular flexibility index (Phi) is 16.7. The first-order chi connectivity index (χ1) is 24.2. The Balaban J connectivity index is 2.87. The van der Waals surface area contributed by atoms with Crippen LogP contribution in [0.15, 0.2) is 38.0 Å². The Morgan fingerprint density at radius 3 is 2.13 bits per heavy atom. The molecule has 14 nitrogen and oxygen atoms in total. The van der Waals surface area contributed by atoms with E-state index in [1.54, 1.807) is 33.8 Å². The Morgan fingerprint density at radius 1 is 1.00 bits per heavy atom. The molecule has 14 atom stereocenters. The van der Waals surface area contributed by atoms with E-state index in [0.29, 0.717) is 6.42 Å². The van der Waals surface area contributed by atoms with E-state index in [4.69, 9.17) is 28.4 Å². The van der Waals surface area contributed by atoms with E-state index in [-0.39, 0.29) is 31.6 Å². The lowest BCUT2D eigenvalue weighted by atomic mass is 9.78. The van der Waals surface area contributed by atoms with E-state index in [0.717, 1.165) is 12.2 Å². The first-order valence-electron chi connectivity index (χ1n) is 18.0. The Bertz CT molecular complexity index is 1270. The molecule has 2 rings (SSSR count). The van der Waals surface area contributed by atoms with Gasteiger partial charge in [0.1, 0.15) is 30.0 Å². The van der Waals surface area contributed by atoms with Crippen LogP contribution in [0.25, 0.3) is 0 Å². The van der Waals surface area contributed by atoms with E-state index in [2.05, 4.69) is 25.1 Å². The van der Waals surface area contributed by atoms with Gasteiger partial charge in [-0.3, -0.25) is 9.59 Å². The van der Waals surface area contributed by atoms with Crippen LogP contribution >= 0.6 is 0 Å². The molecule has 2 saturated heterocycles. The number of cyclic esters (lactones) is 1. The van der Waals surface area contributed by atoms with Gasteiger partial charge in [0.15, 0.2) is 6.29 Å². The fraction of sp³-hybridized carbons (Fsp3) is 0.737. The normalized spacial score (nSPS) is 39.6. The molecule has 0 aromatic heterocycles. The van der Waals surface area contributed by atoms with Crippen LogP contribution in [0.3, 0.4) is 0 Å². The molecule has 52 heavy (non-hydrogen) atoms. The fourth-order valence-electron chi connectivity index (χ4n) is 7.40. The third-order valence-corrected chi connectivity index (χ3v) is 10.2. The Morgan fingerprint density at radius 2 is 1.60 bits per heavy atom. The number of hydrogen-bond donors (Lipinski definition) is 3. The number of nitrogens with zero attached hydrogens (tertiary/aromatic N) is 1. The Hall–Kier alpha value is -3.14. The molecule has 0 spiro atoms. The topological polar surface area (TPSA) is 179 Å². The second kappa shape index (κ2) is 19.3. The average molecular weight is 739 g/mol. The average Bonchev–Trinajstić information content (AvgIpc) is 3.08. The van der Waals surface area contributed by atoms with Crippen molar-refractivity contribution in [2.24, 2.45) is 17.8 Å². The fourth-order valence-corrected chi connectivity index (χ4v) is 7.40. The smallest absolute Gasteiger partial charge is 0.330 e. The van der Waals surface area contributed by atoms with Crippen molar-refractivity contribution < 1.29 is 57.8 Å². The van der Waals surface area contributed by atoms with Crippen LogP contribution in [0.5, 0.6) is 0 Å². The van der Waals surface area contributed by atoms with Gasteiger partial charge >= 0.3 is 17.9 Å². The molecular formula is C38H62N2O12. The molecule has 2 fully saturated rings. The highest BCUT2D eigenvalue weighted by Gasteiger charge is 2.53. The molecule has 0 unspecified atom stereocenters. The number of aliphatic hydroxyl groups excluding tert-OH is 1. The highest BCUT2D eigenvalue weighted by Crippen LogP contribution is 2.39. The van der Waals surface area contributed by atoms with E-state index >= 15 is 0 Å². The summed E-state index contributed by atoms with van der Waals surface area (Å²) in [4.78, 5) is 55.2. The lowest BCUT2D eigenvalue weighted by molar-refractivity contribution is -0.302. The van der Waals surface area contributed by atoms with Gasteiger partial charge in [-0.1, -0.05) is 33.1 Å². The number of amides is 1. The molecule has 296 valence electrons. The second-order valence-corrected chi connectivity index (χ2v) is 14.8. The summed E-state index contributed by atoms with van der Waals surface area (Å²) in [5.74, 6) is -6.29. The van der Waals surface area contributed by atoms with Gasteiger partial charge in [0.2, 0.25) is 5.91 Å². The molecule has 2 aliphatic rings. The number of nitrogens with one attached hydrogen (secondary N) is 1. The molecule has 1 amide bonds. The Labute approximate surface area is 308 Å². The van der Waals surface area contributed by atoms with E-state index in [1.165, 1.54) is 20.8 Å². The molecular weight excluding hydrogens is 676 g/mol. The highest BCUT2D eigenvalue weighted by atomic mass is 16.7. The quantitative estimate of drug-likeness (QED) is 0.122. The number of rotatable bonds is 11. The van der Waals surface area contributed by atoms with Gasteiger partial charge in [-0.2, -0.15) is 0 Å². The lowest BCUT2D eigenvalue weighted by Gasteiger charge is -2.48. The maximum absolute atomic E-state index is 14.1. The summed E-state index contributed by atoms with van der Waals surface area (Å²) in [6.45, 7) is 23.9. The largest absolute Gasteiger partial charge is 0.459 e. The van der Waals surface area contributed by atoms with Crippen LogP contribution in [0, 0.1) is 17.8 Å². The van der Waals surface area contributed by atoms with Gasteiger partial charge < -0.3 is 48.9 Å². The summed E-state index contributed by atoms with van der Waals surface area (Å²) in [6, 6.07) is -0.956. The van der Waals surface area contributed by atoms with Gasteiger partial charge in [0.25, 0.3) is 0 Å². The highest BCUT2D eigenvalue weighted by molar-refractivity contribution is 5.83. The zero-order chi connectivity index (χ0) is 39.7. The maximum Gasteiger partial charge on any atom is 0.330 e. The van der Waals surface area contributed by atoms with Crippen molar-refractivity contribution in [3.63, 3.8) is 0 Å².